The second-order valence-corrected chi connectivity index (χ2v) is 7.72. The van der Waals surface area contributed by atoms with Crippen LogP contribution in [0.2, 0.25) is 0 Å². The van der Waals surface area contributed by atoms with Crippen LogP contribution >= 0.6 is 0 Å². The highest BCUT2D eigenvalue weighted by Crippen LogP contribution is 2.31. The maximum Gasteiger partial charge on any atom is 0.165 e. The summed E-state index contributed by atoms with van der Waals surface area (Å²) in [6.07, 6.45) is 0.506. The number of aliphatic hydroxyl groups excluding tert-OH is 1. The maximum atomic E-state index is 10.5. The van der Waals surface area contributed by atoms with Gasteiger partial charge < -0.3 is 19.3 Å². The number of aliphatic hydroxyl groups is 1. The molecule has 0 fully saturated rings. The molecule has 0 radical (unpaired) electrons. The highest BCUT2D eigenvalue weighted by atomic mass is 16.5. The molecule has 0 heterocycles. The van der Waals surface area contributed by atoms with Crippen molar-refractivity contribution in [3.8, 4) is 11.5 Å². The molecular weight excluding hydrogens is 366 g/mol. The molecule has 0 aliphatic rings. The average Bonchev–Trinajstić information content (AvgIpc) is 2.72. The normalized spacial score (nSPS) is 12.4. The van der Waals surface area contributed by atoms with E-state index in [1.165, 1.54) is 0 Å². The maximum absolute atomic E-state index is 10.5. The number of rotatable bonds is 13. The lowest BCUT2D eigenvalue weighted by Crippen LogP contribution is -2.35. The molecule has 0 saturated heterocycles. The number of benzene rings is 2. The van der Waals surface area contributed by atoms with E-state index in [0.29, 0.717) is 32.2 Å². The summed E-state index contributed by atoms with van der Waals surface area (Å²) < 4.78 is 16.7. The molecule has 5 nitrogen and oxygen atoms in total. The van der Waals surface area contributed by atoms with Gasteiger partial charge in [-0.15, -0.1) is 0 Å². The molecule has 0 aliphatic heterocycles. The van der Waals surface area contributed by atoms with Crippen LogP contribution in [0.3, 0.4) is 0 Å². The van der Waals surface area contributed by atoms with Crippen molar-refractivity contribution >= 4 is 0 Å². The van der Waals surface area contributed by atoms with Gasteiger partial charge in [0.1, 0.15) is 0 Å². The summed E-state index contributed by atoms with van der Waals surface area (Å²) in [6.45, 7) is 7.36. The molecule has 5 heteroatoms. The van der Waals surface area contributed by atoms with Crippen molar-refractivity contribution in [2.75, 3.05) is 33.9 Å². The third kappa shape index (κ3) is 8.05. The average molecular weight is 402 g/mol. The molecule has 0 spiro atoms. The van der Waals surface area contributed by atoms with Crippen LogP contribution in [0.4, 0.5) is 0 Å². The summed E-state index contributed by atoms with van der Waals surface area (Å²) in [7, 11) is 3.30. The van der Waals surface area contributed by atoms with Crippen LogP contribution < -0.4 is 9.47 Å². The molecule has 1 N–H and O–H groups in total. The first kappa shape index (κ1) is 23.2. The van der Waals surface area contributed by atoms with Crippen molar-refractivity contribution in [1.82, 2.24) is 4.90 Å². The molecule has 0 bridgehead atoms. The van der Waals surface area contributed by atoms with Gasteiger partial charge in [0.15, 0.2) is 11.5 Å². The Labute approximate surface area is 175 Å². The van der Waals surface area contributed by atoms with Crippen molar-refractivity contribution in [3.63, 3.8) is 0 Å². The molecule has 0 aromatic heterocycles. The van der Waals surface area contributed by atoms with Crippen molar-refractivity contribution in [2.45, 2.75) is 39.5 Å². The van der Waals surface area contributed by atoms with Crippen LogP contribution in [0.5, 0.6) is 11.5 Å². The minimum absolute atomic E-state index is 0.308. The molecule has 2 aromatic rings. The Morgan fingerprint density at radius 3 is 2.38 bits per heavy atom. The van der Waals surface area contributed by atoms with Gasteiger partial charge in [0.25, 0.3) is 0 Å². The van der Waals surface area contributed by atoms with Crippen molar-refractivity contribution < 1.29 is 19.3 Å². The predicted molar refractivity (Wildman–Crippen MR) is 116 cm³/mol. The monoisotopic (exact) mass is 401 g/mol. The first-order valence-corrected chi connectivity index (χ1v) is 10.3. The highest BCUT2D eigenvalue weighted by molar-refractivity contribution is 5.46. The fourth-order valence-electron chi connectivity index (χ4n) is 3.23. The quantitative estimate of drug-likeness (QED) is 0.547. The molecule has 2 rings (SSSR count). The first-order chi connectivity index (χ1) is 14.0. The summed E-state index contributed by atoms with van der Waals surface area (Å²) in [6, 6.07) is 15.9. The molecule has 2 aromatic carbocycles. The lowest BCUT2D eigenvalue weighted by atomic mass is 10.1. The van der Waals surface area contributed by atoms with Gasteiger partial charge in [-0.25, -0.2) is 0 Å². The van der Waals surface area contributed by atoms with E-state index in [9.17, 15) is 5.11 Å². The van der Waals surface area contributed by atoms with Gasteiger partial charge in [0, 0.05) is 18.7 Å². The minimum Gasteiger partial charge on any atom is -0.493 e. The molecule has 0 aliphatic carbocycles. The predicted octanol–water partition coefficient (Wildman–Crippen LogP) is 4.13. The van der Waals surface area contributed by atoms with Gasteiger partial charge in [-0.3, -0.25) is 4.90 Å². The van der Waals surface area contributed by atoms with Gasteiger partial charge in [-0.1, -0.05) is 56.3 Å². The van der Waals surface area contributed by atoms with Crippen LogP contribution in [0.15, 0.2) is 48.5 Å². The summed E-state index contributed by atoms with van der Waals surface area (Å²) in [5.74, 6) is 2.07. The van der Waals surface area contributed by atoms with Crippen LogP contribution in [0.1, 0.15) is 31.4 Å². The number of hydrogen-bond acceptors (Lipinski definition) is 5. The first-order valence-electron chi connectivity index (χ1n) is 10.3. The lowest BCUT2D eigenvalue weighted by Gasteiger charge is -2.27. The number of ether oxygens (including phenoxy) is 3. The molecule has 29 heavy (non-hydrogen) atoms. The fourth-order valence-corrected chi connectivity index (χ4v) is 3.23. The van der Waals surface area contributed by atoms with E-state index in [-0.39, 0.29) is 0 Å². The molecular formula is C24H35NO4. The largest absolute Gasteiger partial charge is 0.493 e. The van der Waals surface area contributed by atoms with Crippen LogP contribution in [0.25, 0.3) is 0 Å². The Hall–Kier alpha value is -2.08. The number of methoxy groups -OCH3 is 2. The van der Waals surface area contributed by atoms with Crippen molar-refractivity contribution in [2.24, 2.45) is 5.92 Å². The Morgan fingerprint density at radius 2 is 1.72 bits per heavy atom. The fraction of sp³-hybridized carbons (Fsp3) is 0.500. The Balaban J connectivity index is 1.96. The van der Waals surface area contributed by atoms with Gasteiger partial charge in [-0.05, 0) is 30.5 Å². The van der Waals surface area contributed by atoms with Crippen molar-refractivity contribution in [1.29, 1.82) is 0 Å². The summed E-state index contributed by atoms with van der Waals surface area (Å²) in [5, 5.41) is 10.5. The second-order valence-electron chi connectivity index (χ2n) is 7.72. The minimum atomic E-state index is -0.553. The van der Waals surface area contributed by atoms with E-state index in [2.05, 4.69) is 18.7 Å². The molecule has 0 unspecified atom stereocenters. The standard InChI is InChI=1S/C24H35NO4/c1-19(2)13-14-25(15-21-11-8-12-23(27-3)24(21)28-4)16-22(26)18-29-17-20-9-6-5-7-10-20/h5-12,19,22,26H,13-18H2,1-4H3/t22-/m0/s1. The van der Waals surface area contributed by atoms with E-state index in [1.807, 2.05) is 48.5 Å². The number of hydrogen-bond donors (Lipinski definition) is 1. The van der Waals surface area contributed by atoms with Gasteiger partial charge >= 0.3 is 0 Å². The lowest BCUT2D eigenvalue weighted by molar-refractivity contribution is 0.00778. The molecule has 1 atom stereocenters. The Bertz CT molecular complexity index is 705. The van der Waals surface area contributed by atoms with E-state index in [1.54, 1.807) is 14.2 Å². The zero-order valence-electron chi connectivity index (χ0n) is 18.1. The third-order valence-corrected chi connectivity index (χ3v) is 4.79. The molecule has 0 amide bonds. The second kappa shape index (κ2) is 12.5. The zero-order chi connectivity index (χ0) is 21.1. The molecule has 0 saturated carbocycles. The van der Waals surface area contributed by atoms with Gasteiger partial charge in [0.05, 0.1) is 33.5 Å². The number of nitrogens with zero attached hydrogens (tertiary/aromatic N) is 1. The Morgan fingerprint density at radius 1 is 0.966 bits per heavy atom. The summed E-state index contributed by atoms with van der Waals surface area (Å²) in [4.78, 5) is 2.26. The van der Waals surface area contributed by atoms with E-state index in [0.717, 1.165) is 35.6 Å². The van der Waals surface area contributed by atoms with Gasteiger partial charge in [-0.2, -0.15) is 0 Å². The molecule has 160 valence electrons. The van der Waals surface area contributed by atoms with Crippen LogP contribution in [-0.4, -0.2) is 50.0 Å². The van der Waals surface area contributed by atoms with Crippen molar-refractivity contribution in [3.05, 3.63) is 59.7 Å². The third-order valence-electron chi connectivity index (χ3n) is 4.79. The smallest absolute Gasteiger partial charge is 0.165 e. The highest BCUT2D eigenvalue weighted by Gasteiger charge is 2.17. The zero-order valence-corrected chi connectivity index (χ0v) is 18.1. The van der Waals surface area contributed by atoms with E-state index in [4.69, 9.17) is 14.2 Å². The number of para-hydroxylation sites is 1. The van der Waals surface area contributed by atoms with Gasteiger partial charge in [0.2, 0.25) is 0 Å². The summed E-state index contributed by atoms with van der Waals surface area (Å²) in [5.41, 5.74) is 2.16. The van der Waals surface area contributed by atoms with E-state index < -0.39 is 6.10 Å². The SMILES string of the molecule is COc1cccc(CN(CCC(C)C)C[C@H](O)COCc2ccccc2)c1OC. The van der Waals surface area contributed by atoms with Crippen LogP contribution in [-0.2, 0) is 17.9 Å². The van der Waals surface area contributed by atoms with E-state index >= 15 is 0 Å². The summed E-state index contributed by atoms with van der Waals surface area (Å²) >= 11 is 0. The topological polar surface area (TPSA) is 51.2 Å². The van der Waals surface area contributed by atoms with Crippen LogP contribution in [0, 0.1) is 5.92 Å². The Kier molecular flexibility index (Phi) is 9.98.